The van der Waals surface area contributed by atoms with Gasteiger partial charge in [-0.05, 0) is 32.1 Å². The van der Waals surface area contributed by atoms with Gasteiger partial charge in [0, 0.05) is 32.7 Å². The van der Waals surface area contributed by atoms with Gasteiger partial charge in [0.25, 0.3) is 10.0 Å². The molecule has 6 nitrogen and oxygen atoms in total. The van der Waals surface area contributed by atoms with E-state index in [1.807, 2.05) is 11.9 Å². The molecule has 2 aliphatic rings. The fourth-order valence-electron chi connectivity index (χ4n) is 2.59. The first-order valence-corrected chi connectivity index (χ1v) is 10.0. The Kier molecular flexibility index (Phi) is 4.72. The number of hydrogen-bond acceptors (Lipinski definition) is 6. The van der Waals surface area contributed by atoms with Crippen molar-refractivity contribution in [1.82, 2.24) is 9.71 Å². The maximum absolute atomic E-state index is 12.4. The number of hydrogen-bond donors (Lipinski definition) is 1. The van der Waals surface area contributed by atoms with Gasteiger partial charge in [0.15, 0.2) is 9.34 Å². The molecule has 1 aliphatic heterocycles. The summed E-state index contributed by atoms with van der Waals surface area (Å²) in [5, 5.41) is 0.760. The predicted octanol–water partition coefficient (Wildman–Crippen LogP) is 1.61. The lowest BCUT2D eigenvalue weighted by Gasteiger charge is -2.19. The number of thiazole rings is 1. The zero-order chi connectivity index (χ0) is 15.7. The molecule has 124 valence electrons. The number of sulfonamides is 1. The zero-order valence-corrected chi connectivity index (χ0v) is 14.7. The Hall–Kier alpha value is -0.700. The van der Waals surface area contributed by atoms with Crippen molar-refractivity contribution in [1.29, 1.82) is 0 Å². The Morgan fingerprint density at radius 1 is 1.36 bits per heavy atom. The van der Waals surface area contributed by atoms with Gasteiger partial charge < -0.3 is 9.64 Å². The fraction of sp³-hybridized carbons (Fsp3) is 0.786. The van der Waals surface area contributed by atoms with Crippen LogP contribution in [-0.2, 0) is 14.8 Å². The minimum absolute atomic E-state index is 0.345. The monoisotopic (exact) mass is 345 g/mol. The highest BCUT2D eigenvalue weighted by Gasteiger charge is 2.28. The molecule has 0 spiro atoms. The highest BCUT2D eigenvalue weighted by molar-refractivity contribution is 7.91. The van der Waals surface area contributed by atoms with E-state index in [0.717, 1.165) is 44.2 Å². The van der Waals surface area contributed by atoms with Gasteiger partial charge in [-0.15, -0.1) is 0 Å². The van der Waals surface area contributed by atoms with E-state index in [4.69, 9.17) is 4.74 Å². The molecule has 0 amide bonds. The Morgan fingerprint density at radius 3 is 2.77 bits per heavy atom. The number of aromatic nitrogens is 1. The summed E-state index contributed by atoms with van der Waals surface area (Å²) in [6.07, 6.45) is 3.31. The predicted molar refractivity (Wildman–Crippen MR) is 87.0 cm³/mol. The van der Waals surface area contributed by atoms with Crippen LogP contribution in [0.15, 0.2) is 4.21 Å². The van der Waals surface area contributed by atoms with Crippen molar-refractivity contribution >= 4 is 26.5 Å². The van der Waals surface area contributed by atoms with Crippen LogP contribution in [0.3, 0.4) is 0 Å². The molecular weight excluding hydrogens is 322 g/mol. The highest BCUT2D eigenvalue weighted by Crippen LogP contribution is 2.32. The average molecular weight is 345 g/mol. The van der Waals surface area contributed by atoms with Crippen molar-refractivity contribution in [3.8, 4) is 0 Å². The molecule has 3 rings (SSSR count). The van der Waals surface area contributed by atoms with Crippen molar-refractivity contribution in [3.05, 3.63) is 5.69 Å². The smallest absolute Gasteiger partial charge is 0.252 e. The molecule has 1 unspecified atom stereocenters. The summed E-state index contributed by atoms with van der Waals surface area (Å²) in [5.74, 6) is 1.02. The molecule has 2 heterocycles. The fourth-order valence-corrected chi connectivity index (χ4v) is 5.22. The van der Waals surface area contributed by atoms with E-state index >= 15 is 0 Å². The maximum atomic E-state index is 12.4. The van der Waals surface area contributed by atoms with Gasteiger partial charge in [0.1, 0.15) is 0 Å². The third-order valence-corrected chi connectivity index (χ3v) is 7.43. The van der Waals surface area contributed by atoms with E-state index in [1.165, 1.54) is 11.3 Å². The maximum Gasteiger partial charge on any atom is 0.252 e. The molecule has 1 atom stereocenters. The Bertz CT molecular complexity index is 619. The van der Waals surface area contributed by atoms with E-state index in [1.54, 1.807) is 6.92 Å². The van der Waals surface area contributed by atoms with Crippen LogP contribution in [0.5, 0.6) is 0 Å². The van der Waals surface area contributed by atoms with Crippen LogP contribution >= 0.6 is 11.3 Å². The van der Waals surface area contributed by atoms with Crippen LogP contribution in [0.4, 0.5) is 5.13 Å². The molecule has 22 heavy (non-hydrogen) atoms. The van der Waals surface area contributed by atoms with Crippen LogP contribution in [0, 0.1) is 18.8 Å². The topological polar surface area (TPSA) is 71.5 Å². The Morgan fingerprint density at radius 2 is 2.14 bits per heavy atom. The van der Waals surface area contributed by atoms with Gasteiger partial charge >= 0.3 is 0 Å². The quantitative estimate of drug-likeness (QED) is 0.813. The lowest BCUT2D eigenvalue weighted by atomic mass is 10.1. The molecule has 8 heteroatoms. The van der Waals surface area contributed by atoms with Gasteiger partial charge in [-0.25, -0.2) is 18.1 Å². The third kappa shape index (κ3) is 3.79. The van der Waals surface area contributed by atoms with Gasteiger partial charge in [-0.2, -0.15) is 0 Å². The molecule has 1 saturated heterocycles. The van der Waals surface area contributed by atoms with E-state index in [0.29, 0.717) is 28.3 Å². The summed E-state index contributed by atoms with van der Waals surface area (Å²) in [6.45, 7) is 4.76. The molecular formula is C14H23N3O3S2. The number of rotatable bonds is 7. The Labute approximate surface area is 135 Å². The van der Waals surface area contributed by atoms with Crippen molar-refractivity contribution in [2.24, 2.45) is 11.8 Å². The van der Waals surface area contributed by atoms with Crippen LogP contribution in [0.2, 0.25) is 0 Å². The standard InChI is InChI=1S/C14H23N3O3S2/c1-10-13(22(18,19)15-7-11-3-4-11)21-14(16-10)17(2)8-12-5-6-20-9-12/h11-12,15H,3-9H2,1-2H3. The summed E-state index contributed by atoms with van der Waals surface area (Å²) >= 11 is 1.25. The largest absolute Gasteiger partial charge is 0.381 e. The molecule has 1 aromatic heterocycles. The van der Waals surface area contributed by atoms with E-state index < -0.39 is 10.0 Å². The van der Waals surface area contributed by atoms with Gasteiger partial charge in [-0.1, -0.05) is 11.3 Å². The summed E-state index contributed by atoms with van der Waals surface area (Å²) in [5.41, 5.74) is 0.581. The second-order valence-corrected chi connectivity index (χ2v) is 9.21. The minimum atomic E-state index is -3.43. The number of nitrogens with one attached hydrogen (secondary N) is 1. The average Bonchev–Trinajstić information content (AvgIpc) is 2.99. The molecule has 1 saturated carbocycles. The lowest BCUT2D eigenvalue weighted by Crippen LogP contribution is -2.25. The lowest BCUT2D eigenvalue weighted by molar-refractivity contribution is 0.186. The van der Waals surface area contributed by atoms with Crippen molar-refractivity contribution in [2.45, 2.75) is 30.4 Å². The molecule has 0 bridgehead atoms. The van der Waals surface area contributed by atoms with Crippen molar-refractivity contribution in [3.63, 3.8) is 0 Å². The van der Waals surface area contributed by atoms with Crippen LogP contribution in [0.1, 0.15) is 25.0 Å². The van der Waals surface area contributed by atoms with Crippen LogP contribution in [-0.4, -0.2) is 46.8 Å². The Balaban J connectivity index is 1.68. The summed E-state index contributed by atoms with van der Waals surface area (Å²) in [6, 6.07) is 0. The zero-order valence-electron chi connectivity index (χ0n) is 13.0. The molecule has 1 aromatic rings. The van der Waals surface area contributed by atoms with E-state index in [9.17, 15) is 8.42 Å². The normalized spacial score (nSPS) is 22.2. The molecule has 0 aromatic carbocycles. The molecule has 2 fully saturated rings. The second-order valence-electron chi connectivity index (χ2n) is 6.27. The van der Waals surface area contributed by atoms with E-state index in [-0.39, 0.29) is 0 Å². The first-order valence-electron chi connectivity index (χ1n) is 7.71. The molecule has 1 aliphatic carbocycles. The van der Waals surface area contributed by atoms with Crippen LogP contribution in [0.25, 0.3) is 0 Å². The summed E-state index contributed by atoms with van der Waals surface area (Å²) in [7, 11) is -1.47. The number of nitrogens with zero attached hydrogens (tertiary/aromatic N) is 2. The van der Waals surface area contributed by atoms with Gasteiger partial charge in [0.2, 0.25) is 0 Å². The first kappa shape index (κ1) is 16.2. The van der Waals surface area contributed by atoms with Crippen LogP contribution < -0.4 is 9.62 Å². The minimum Gasteiger partial charge on any atom is -0.381 e. The van der Waals surface area contributed by atoms with Crippen molar-refractivity contribution in [2.75, 3.05) is 38.3 Å². The first-order chi connectivity index (χ1) is 10.5. The third-order valence-electron chi connectivity index (χ3n) is 4.13. The summed E-state index contributed by atoms with van der Waals surface area (Å²) in [4.78, 5) is 6.48. The molecule has 1 N–H and O–H groups in total. The molecule has 0 radical (unpaired) electrons. The highest BCUT2D eigenvalue weighted by atomic mass is 32.2. The number of ether oxygens (including phenoxy) is 1. The summed E-state index contributed by atoms with van der Waals surface area (Å²) < 4.78 is 33.2. The van der Waals surface area contributed by atoms with Gasteiger partial charge in [-0.3, -0.25) is 0 Å². The van der Waals surface area contributed by atoms with Gasteiger partial charge in [0.05, 0.1) is 12.3 Å². The van der Waals surface area contributed by atoms with E-state index in [2.05, 4.69) is 9.71 Å². The van der Waals surface area contributed by atoms with Crippen molar-refractivity contribution < 1.29 is 13.2 Å². The number of aryl methyl sites for hydroxylation is 1. The SMILES string of the molecule is Cc1nc(N(C)CC2CCOC2)sc1S(=O)(=O)NCC1CC1. The number of anilines is 1. The second kappa shape index (κ2) is 6.43.